The second kappa shape index (κ2) is 6.58. The SMILES string of the molecule is CCc1cc(COc2ccc([N+](=O)[O-])c(Cl)c2)n(CC)n1. The average Bonchev–Trinajstić information content (AvgIpc) is 2.87. The van der Waals surface area contributed by atoms with Crippen molar-refractivity contribution in [3.8, 4) is 5.75 Å². The van der Waals surface area contributed by atoms with Crippen molar-refractivity contribution in [3.63, 3.8) is 0 Å². The van der Waals surface area contributed by atoms with Gasteiger partial charge in [0.15, 0.2) is 0 Å². The summed E-state index contributed by atoms with van der Waals surface area (Å²) in [5.41, 5.74) is 1.84. The van der Waals surface area contributed by atoms with Crippen molar-refractivity contribution in [1.82, 2.24) is 9.78 Å². The van der Waals surface area contributed by atoms with E-state index in [1.54, 1.807) is 0 Å². The topological polar surface area (TPSA) is 70.2 Å². The molecule has 0 radical (unpaired) electrons. The Morgan fingerprint density at radius 2 is 2.14 bits per heavy atom. The minimum Gasteiger partial charge on any atom is -0.487 e. The third-order valence-corrected chi connectivity index (χ3v) is 3.38. The molecule has 0 N–H and O–H groups in total. The standard InChI is InChI=1S/C14H16ClN3O3/c1-3-10-7-11(17(4-2)16-10)9-21-12-5-6-14(18(19)20)13(15)8-12/h5-8H,3-4,9H2,1-2H3. The van der Waals surface area contributed by atoms with Gasteiger partial charge in [-0.2, -0.15) is 5.10 Å². The molecule has 1 heterocycles. The van der Waals surface area contributed by atoms with E-state index in [4.69, 9.17) is 16.3 Å². The number of hydrogen-bond donors (Lipinski definition) is 0. The lowest BCUT2D eigenvalue weighted by Gasteiger charge is -2.08. The number of hydrogen-bond acceptors (Lipinski definition) is 4. The minimum atomic E-state index is -0.522. The number of ether oxygens (including phenoxy) is 1. The number of benzene rings is 1. The van der Waals surface area contributed by atoms with E-state index in [2.05, 4.69) is 5.10 Å². The number of halogens is 1. The smallest absolute Gasteiger partial charge is 0.288 e. The predicted molar refractivity (Wildman–Crippen MR) is 79.7 cm³/mol. The van der Waals surface area contributed by atoms with Crippen LogP contribution >= 0.6 is 11.6 Å². The van der Waals surface area contributed by atoms with Gasteiger partial charge in [0.2, 0.25) is 0 Å². The van der Waals surface area contributed by atoms with Gasteiger partial charge in [-0.15, -0.1) is 0 Å². The molecule has 0 saturated carbocycles. The van der Waals surface area contributed by atoms with Gasteiger partial charge < -0.3 is 4.74 Å². The van der Waals surface area contributed by atoms with Crippen molar-refractivity contribution < 1.29 is 9.66 Å². The van der Waals surface area contributed by atoms with E-state index in [-0.39, 0.29) is 10.7 Å². The van der Waals surface area contributed by atoms with Crippen molar-refractivity contribution in [2.45, 2.75) is 33.4 Å². The summed E-state index contributed by atoms with van der Waals surface area (Å²) in [5.74, 6) is 0.493. The maximum absolute atomic E-state index is 10.7. The fraction of sp³-hybridized carbons (Fsp3) is 0.357. The van der Waals surface area contributed by atoms with Gasteiger partial charge in [0, 0.05) is 18.7 Å². The van der Waals surface area contributed by atoms with Gasteiger partial charge in [-0.1, -0.05) is 18.5 Å². The van der Waals surface area contributed by atoms with Gasteiger partial charge in [-0.3, -0.25) is 14.8 Å². The molecular weight excluding hydrogens is 294 g/mol. The molecule has 0 fully saturated rings. The molecule has 2 rings (SSSR count). The first kappa shape index (κ1) is 15.3. The van der Waals surface area contributed by atoms with E-state index in [0.29, 0.717) is 12.4 Å². The third kappa shape index (κ3) is 3.52. The zero-order valence-electron chi connectivity index (χ0n) is 11.9. The van der Waals surface area contributed by atoms with Gasteiger partial charge in [0.05, 0.1) is 16.3 Å². The number of aromatic nitrogens is 2. The van der Waals surface area contributed by atoms with Crippen LogP contribution in [0.4, 0.5) is 5.69 Å². The predicted octanol–water partition coefficient (Wildman–Crippen LogP) is 3.61. The summed E-state index contributed by atoms with van der Waals surface area (Å²) in [4.78, 5) is 10.2. The molecule has 1 aromatic carbocycles. The van der Waals surface area contributed by atoms with Crippen LogP contribution in [0, 0.1) is 10.1 Å². The Bertz CT molecular complexity index is 655. The average molecular weight is 310 g/mol. The number of nitro benzene ring substituents is 1. The summed E-state index contributed by atoms with van der Waals surface area (Å²) in [6, 6.07) is 6.33. The van der Waals surface area contributed by atoms with Crippen molar-refractivity contribution in [3.05, 3.63) is 50.8 Å². The molecule has 112 valence electrons. The van der Waals surface area contributed by atoms with Crippen LogP contribution < -0.4 is 4.74 Å². The van der Waals surface area contributed by atoms with Crippen LogP contribution in [0.5, 0.6) is 5.75 Å². The monoisotopic (exact) mass is 309 g/mol. The van der Waals surface area contributed by atoms with Gasteiger partial charge in [-0.05, 0) is 25.5 Å². The highest BCUT2D eigenvalue weighted by molar-refractivity contribution is 6.32. The highest BCUT2D eigenvalue weighted by atomic mass is 35.5. The summed E-state index contributed by atoms with van der Waals surface area (Å²) in [7, 11) is 0. The van der Waals surface area contributed by atoms with Crippen LogP contribution in [0.25, 0.3) is 0 Å². The first-order valence-corrected chi connectivity index (χ1v) is 7.05. The fourth-order valence-electron chi connectivity index (χ4n) is 1.96. The number of nitro groups is 1. The molecule has 0 bridgehead atoms. The molecule has 0 aliphatic carbocycles. The highest BCUT2D eigenvalue weighted by Gasteiger charge is 2.13. The van der Waals surface area contributed by atoms with Crippen molar-refractivity contribution in [2.24, 2.45) is 0 Å². The molecule has 2 aromatic rings. The van der Waals surface area contributed by atoms with Crippen LogP contribution in [0.3, 0.4) is 0 Å². The molecule has 7 heteroatoms. The van der Waals surface area contributed by atoms with Gasteiger partial charge in [0.25, 0.3) is 5.69 Å². The molecule has 0 aliphatic heterocycles. The largest absolute Gasteiger partial charge is 0.487 e. The number of aryl methyl sites for hydroxylation is 2. The van der Waals surface area contributed by atoms with Crippen LogP contribution in [0.15, 0.2) is 24.3 Å². The highest BCUT2D eigenvalue weighted by Crippen LogP contribution is 2.28. The molecular formula is C14H16ClN3O3. The van der Waals surface area contributed by atoms with Crippen molar-refractivity contribution in [2.75, 3.05) is 0 Å². The first-order chi connectivity index (χ1) is 10.0. The maximum Gasteiger partial charge on any atom is 0.288 e. The molecule has 0 saturated heterocycles. The van der Waals surface area contributed by atoms with Crippen LogP contribution in [0.2, 0.25) is 5.02 Å². The lowest BCUT2D eigenvalue weighted by atomic mass is 10.3. The molecule has 1 aromatic heterocycles. The van der Waals surface area contributed by atoms with Crippen molar-refractivity contribution in [1.29, 1.82) is 0 Å². The Kier molecular flexibility index (Phi) is 4.80. The van der Waals surface area contributed by atoms with E-state index in [1.807, 2.05) is 24.6 Å². The quantitative estimate of drug-likeness (QED) is 0.603. The Hall–Kier alpha value is -2.08. The van der Waals surface area contributed by atoms with Crippen molar-refractivity contribution >= 4 is 17.3 Å². The summed E-state index contributed by atoms with van der Waals surface area (Å²) < 4.78 is 7.52. The Morgan fingerprint density at radius 3 is 2.71 bits per heavy atom. The summed E-state index contributed by atoms with van der Waals surface area (Å²) in [5, 5.41) is 15.2. The number of rotatable bonds is 6. The normalized spacial score (nSPS) is 10.6. The van der Waals surface area contributed by atoms with E-state index >= 15 is 0 Å². The van der Waals surface area contributed by atoms with Gasteiger partial charge in [0.1, 0.15) is 17.4 Å². The molecule has 0 amide bonds. The summed E-state index contributed by atoms with van der Waals surface area (Å²) >= 11 is 5.85. The van der Waals surface area contributed by atoms with E-state index in [0.717, 1.165) is 24.4 Å². The second-order valence-electron chi connectivity index (χ2n) is 4.46. The van der Waals surface area contributed by atoms with Crippen LogP contribution in [-0.2, 0) is 19.6 Å². The van der Waals surface area contributed by atoms with E-state index in [1.165, 1.54) is 18.2 Å². The second-order valence-corrected chi connectivity index (χ2v) is 4.86. The Balaban J connectivity index is 2.11. The fourth-order valence-corrected chi connectivity index (χ4v) is 2.20. The summed E-state index contributed by atoms with van der Waals surface area (Å²) in [6.45, 7) is 5.16. The lowest BCUT2D eigenvalue weighted by molar-refractivity contribution is -0.384. The Labute approximate surface area is 127 Å². The zero-order valence-corrected chi connectivity index (χ0v) is 12.6. The van der Waals surface area contributed by atoms with Gasteiger partial charge >= 0.3 is 0 Å². The molecule has 0 aliphatic rings. The van der Waals surface area contributed by atoms with Crippen LogP contribution in [0.1, 0.15) is 25.2 Å². The molecule has 6 nitrogen and oxygen atoms in total. The zero-order chi connectivity index (χ0) is 15.4. The molecule has 0 atom stereocenters. The number of nitrogens with zero attached hydrogens (tertiary/aromatic N) is 3. The van der Waals surface area contributed by atoms with E-state index < -0.39 is 4.92 Å². The summed E-state index contributed by atoms with van der Waals surface area (Å²) in [6.07, 6.45) is 0.864. The lowest BCUT2D eigenvalue weighted by Crippen LogP contribution is -2.06. The minimum absolute atomic E-state index is 0.0655. The van der Waals surface area contributed by atoms with E-state index in [9.17, 15) is 10.1 Å². The van der Waals surface area contributed by atoms with Crippen LogP contribution in [-0.4, -0.2) is 14.7 Å². The molecule has 0 spiro atoms. The first-order valence-electron chi connectivity index (χ1n) is 6.67. The maximum atomic E-state index is 10.7. The third-order valence-electron chi connectivity index (χ3n) is 3.08. The van der Waals surface area contributed by atoms with Gasteiger partial charge in [-0.25, -0.2) is 0 Å². The Morgan fingerprint density at radius 1 is 1.38 bits per heavy atom. The molecule has 21 heavy (non-hydrogen) atoms. The molecule has 0 unspecified atom stereocenters.